The Morgan fingerprint density at radius 1 is 1.43 bits per heavy atom. The zero-order valence-corrected chi connectivity index (χ0v) is 13.3. The van der Waals surface area contributed by atoms with Crippen molar-refractivity contribution in [3.8, 4) is 0 Å². The van der Waals surface area contributed by atoms with Gasteiger partial charge in [-0.05, 0) is 67.7 Å². The van der Waals surface area contributed by atoms with Crippen LogP contribution in [0.3, 0.4) is 0 Å². The molecular formula is C17H22ClFO2. The van der Waals surface area contributed by atoms with Gasteiger partial charge in [-0.3, -0.25) is 4.79 Å². The first-order valence-electron chi connectivity index (χ1n) is 7.51. The van der Waals surface area contributed by atoms with Crippen molar-refractivity contribution in [2.24, 2.45) is 17.3 Å². The van der Waals surface area contributed by atoms with Gasteiger partial charge in [0.1, 0.15) is 5.82 Å². The lowest BCUT2D eigenvalue weighted by atomic mass is 9.65. The highest BCUT2D eigenvalue weighted by Crippen LogP contribution is 2.44. The van der Waals surface area contributed by atoms with Crippen LogP contribution in [-0.4, -0.2) is 11.1 Å². The van der Waals surface area contributed by atoms with E-state index in [1.807, 2.05) is 0 Å². The molecule has 1 aromatic carbocycles. The number of benzene rings is 1. The van der Waals surface area contributed by atoms with Gasteiger partial charge in [0.05, 0.1) is 5.41 Å². The van der Waals surface area contributed by atoms with Crippen molar-refractivity contribution < 1.29 is 14.3 Å². The first-order valence-corrected chi connectivity index (χ1v) is 7.89. The Kier molecular flexibility index (Phi) is 4.92. The average Bonchev–Trinajstić information content (AvgIpc) is 2.43. The lowest BCUT2D eigenvalue weighted by Gasteiger charge is -2.38. The van der Waals surface area contributed by atoms with Crippen LogP contribution in [-0.2, 0) is 11.2 Å². The quantitative estimate of drug-likeness (QED) is 0.855. The van der Waals surface area contributed by atoms with E-state index in [0.29, 0.717) is 41.7 Å². The minimum Gasteiger partial charge on any atom is -0.481 e. The minimum atomic E-state index is -0.803. The highest BCUT2D eigenvalue weighted by molar-refractivity contribution is 6.31. The zero-order chi connectivity index (χ0) is 15.6. The van der Waals surface area contributed by atoms with Gasteiger partial charge in [0.2, 0.25) is 0 Å². The van der Waals surface area contributed by atoms with Gasteiger partial charge in [0.25, 0.3) is 0 Å². The fourth-order valence-electron chi connectivity index (χ4n) is 3.37. The normalized spacial score (nSPS) is 26.0. The number of halogens is 2. The first kappa shape index (κ1) is 16.3. The zero-order valence-electron chi connectivity index (χ0n) is 12.5. The third-order valence-corrected chi connectivity index (χ3v) is 5.29. The van der Waals surface area contributed by atoms with Crippen molar-refractivity contribution in [1.82, 2.24) is 0 Å². The van der Waals surface area contributed by atoms with E-state index < -0.39 is 11.4 Å². The summed E-state index contributed by atoms with van der Waals surface area (Å²) in [4.78, 5) is 11.8. The predicted octanol–water partition coefficient (Wildman–Crippen LogP) is 4.94. The standard InChI is InChI=1S/C17H22ClFO2/c1-11(2)12-5-7-17(8-6-12,16(20)21)10-13-9-14(19)3-4-15(13)18/h3-4,9,11-12H,5-8,10H2,1-2H3,(H,20,21). The second kappa shape index (κ2) is 6.35. The monoisotopic (exact) mass is 312 g/mol. The van der Waals surface area contributed by atoms with E-state index in [9.17, 15) is 14.3 Å². The molecule has 0 aliphatic heterocycles. The molecule has 2 rings (SSSR count). The van der Waals surface area contributed by atoms with E-state index in [1.165, 1.54) is 18.2 Å². The van der Waals surface area contributed by atoms with Gasteiger partial charge in [0.15, 0.2) is 0 Å². The van der Waals surface area contributed by atoms with E-state index in [1.54, 1.807) is 0 Å². The van der Waals surface area contributed by atoms with E-state index in [4.69, 9.17) is 11.6 Å². The molecule has 0 unspecified atom stereocenters. The van der Waals surface area contributed by atoms with Crippen LogP contribution in [0.4, 0.5) is 4.39 Å². The Hall–Kier alpha value is -1.09. The Morgan fingerprint density at radius 2 is 2.05 bits per heavy atom. The number of hydrogen-bond donors (Lipinski definition) is 1. The molecule has 1 aliphatic carbocycles. The molecule has 1 saturated carbocycles. The predicted molar refractivity (Wildman–Crippen MR) is 82.0 cm³/mol. The van der Waals surface area contributed by atoms with Crippen LogP contribution in [0, 0.1) is 23.1 Å². The molecule has 0 atom stereocenters. The molecule has 0 radical (unpaired) electrons. The fraction of sp³-hybridized carbons (Fsp3) is 0.588. The topological polar surface area (TPSA) is 37.3 Å². The van der Waals surface area contributed by atoms with Gasteiger partial charge < -0.3 is 5.11 Å². The van der Waals surface area contributed by atoms with E-state index in [2.05, 4.69) is 13.8 Å². The van der Waals surface area contributed by atoms with Crippen LogP contribution in [0.2, 0.25) is 5.02 Å². The molecule has 4 heteroatoms. The molecule has 0 saturated heterocycles. The minimum absolute atomic E-state index is 0.309. The van der Waals surface area contributed by atoms with E-state index in [0.717, 1.165) is 12.8 Å². The Bertz CT molecular complexity index is 520. The van der Waals surface area contributed by atoms with Gasteiger partial charge in [-0.1, -0.05) is 25.4 Å². The maximum atomic E-state index is 13.4. The van der Waals surface area contributed by atoms with Gasteiger partial charge in [-0.2, -0.15) is 0 Å². The van der Waals surface area contributed by atoms with Gasteiger partial charge in [0, 0.05) is 5.02 Å². The number of rotatable bonds is 4. The molecule has 0 amide bonds. The third kappa shape index (κ3) is 3.57. The molecule has 0 spiro atoms. The number of hydrogen-bond acceptors (Lipinski definition) is 1. The lowest BCUT2D eigenvalue weighted by Crippen LogP contribution is -2.38. The molecule has 1 aliphatic rings. The summed E-state index contributed by atoms with van der Waals surface area (Å²) in [5.74, 6) is 0.00541. The Morgan fingerprint density at radius 3 is 2.57 bits per heavy atom. The maximum Gasteiger partial charge on any atom is 0.309 e. The van der Waals surface area contributed by atoms with Crippen LogP contribution in [0.25, 0.3) is 0 Å². The van der Waals surface area contributed by atoms with Crippen molar-refractivity contribution in [3.05, 3.63) is 34.6 Å². The fourth-order valence-corrected chi connectivity index (χ4v) is 3.55. The Balaban J connectivity index is 2.21. The molecule has 1 N–H and O–H groups in total. The van der Waals surface area contributed by atoms with Crippen molar-refractivity contribution in [3.63, 3.8) is 0 Å². The van der Waals surface area contributed by atoms with Crippen LogP contribution >= 0.6 is 11.6 Å². The van der Waals surface area contributed by atoms with Crippen LogP contribution < -0.4 is 0 Å². The molecule has 0 bridgehead atoms. The lowest BCUT2D eigenvalue weighted by molar-refractivity contribution is -0.151. The molecule has 21 heavy (non-hydrogen) atoms. The molecule has 0 heterocycles. The van der Waals surface area contributed by atoms with Crippen molar-refractivity contribution >= 4 is 17.6 Å². The molecule has 1 aromatic rings. The second-order valence-electron chi connectivity index (χ2n) is 6.58. The van der Waals surface area contributed by atoms with Gasteiger partial charge >= 0.3 is 5.97 Å². The summed E-state index contributed by atoms with van der Waals surface area (Å²) in [7, 11) is 0. The molecule has 116 valence electrons. The van der Waals surface area contributed by atoms with Gasteiger partial charge in [-0.15, -0.1) is 0 Å². The maximum absolute atomic E-state index is 13.4. The smallest absolute Gasteiger partial charge is 0.309 e. The van der Waals surface area contributed by atoms with E-state index >= 15 is 0 Å². The largest absolute Gasteiger partial charge is 0.481 e. The molecule has 0 aromatic heterocycles. The van der Waals surface area contributed by atoms with Gasteiger partial charge in [-0.25, -0.2) is 4.39 Å². The summed E-state index contributed by atoms with van der Waals surface area (Å²) in [5, 5.41) is 10.1. The van der Waals surface area contributed by atoms with Crippen LogP contribution in [0.5, 0.6) is 0 Å². The van der Waals surface area contributed by atoms with Crippen LogP contribution in [0.15, 0.2) is 18.2 Å². The summed E-state index contributed by atoms with van der Waals surface area (Å²) < 4.78 is 13.4. The number of carboxylic acid groups (broad SMARTS) is 1. The molecular weight excluding hydrogens is 291 g/mol. The SMILES string of the molecule is CC(C)C1CCC(Cc2cc(F)ccc2Cl)(C(=O)O)CC1. The first-order chi connectivity index (χ1) is 9.84. The summed E-state index contributed by atoms with van der Waals surface area (Å²) in [5.41, 5.74) is -0.204. The Labute approximate surface area is 130 Å². The summed E-state index contributed by atoms with van der Waals surface area (Å²) >= 11 is 6.10. The summed E-state index contributed by atoms with van der Waals surface area (Å²) in [6.07, 6.45) is 3.41. The molecule has 2 nitrogen and oxygen atoms in total. The second-order valence-corrected chi connectivity index (χ2v) is 6.99. The van der Waals surface area contributed by atoms with Crippen LogP contribution in [0.1, 0.15) is 45.1 Å². The average molecular weight is 313 g/mol. The van der Waals surface area contributed by atoms with Crippen molar-refractivity contribution in [2.45, 2.75) is 46.0 Å². The third-order valence-electron chi connectivity index (χ3n) is 4.92. The van der Waals surface area contributed by atoms with E-state index in [-0.39, 0.29) is 5.82 Å². The summed E-state index contributed by atoms with van der Waals surface area (Å²) in [6, 6.07) is 4.16. The van der Waals surface area contributed by atoms with Crippen molar-refractivity contribution in [1.29, 1.82) is 0 Å². The number of carbonyl (C=O) groups is 1. The number of carboxylic acids is 1. The highest BCUT2D eigenvalue weighted by Gasteiger charge is 2.42. The number of aliphatic carboxylic acids is 1. The molecule has 1 fully saturated rings. The highest BCUT2D eigenvalue weighted by atomic mass is 35.5. The van der Waals surface area contributed by atoms with Crippen molar-refractivity contribution in [2.75, 3.05) is 0 Å². The summed E-state index contributed by atoms with van der Waals surface area (Å²) in [6.45, 7) is 4.36.